The molecular formula is C17H25ClN2O3. The zero-order valence-electron chi connectivity index (χ0n) is 14.0. The van der Waals surface area contributed by atoms with Crippen LogP contribution < -0.4 is 0 Å². The van der Waals surface area contributed by atoms with Crippen molar-refractivity contribution >= 4 is 17.6 Å². The summed E-state index contributed by atoms with van der Waals surface area (Å²) in [6.07, 6.45) is 0. The van der Waals surface area contributed by atoms with Crippen LogP contribution in [0.2, 0.25) is 5.02 Å². The van der Waals surface area contributed by atoms with Gasteiger partial charge in [-0.25, -0.2) is 4.79 Å². The van der Waals surface area contributed by atoms with Gasteiger partial charge in [0.2, 0.25) is 0 Å². The van der Waals surface area contributed by atoms with E-state index in [1.165, 1.54) is 0 Å². The molecule has 0 aromatic heterocycles. The van der Waals surface area contributed by atoms with Crippen LogP contribution in [0.3, 0.4) is 0 Å². The van der Waals surface area contributed by atoms with Gasteiger partial charge in [-0.2, -0.15) is 0 Å². The van der Waals surface area contributed by atoms with E-state index in [0.717, 1.165) is 26.2 Å². The Labute approximate surface area is 142 Å². The summed E-state index contributed by atoms with van der Waals surface area (Å²) >= 11 is 6.22. The number of methoxy groups -OCH3 is 1. The fourth-order valence-electron chi connectivity index (χ4n) is 3.10. The number of carboxylic acids is 1. The van der Waals surface area contributed by atoms with Crippen molar-refractivity contribution in [1.82, 2.24) is 9.80 Å². The van der Waals surface area contributed by atoms with Gasteiger partial charge in [-0.05, 0) is 31.5 Å². The Balaban J connectivity index is 2.01. The SMILES string of the molecule is COCC(C)(C)N1CCN(Cc2c(Cl)cccc2C(=O)O)CC1. The number of hydrogen-bond acceptors (Lipinski definition) is 4. The quantitative estimate of drug-likeness (QED) is 0.862. The van der Waals surface area contributed by atoms with E-state index < -0.39 is 5.97 Å². The van der Waals surface area contributed by atoms with E-state index in [1.807, 2.05) is 0 Å². The molecule has 0 spiro atoms. The normalized spacial score (nSPS) is 17.4. The Morgan fingerprint density at radius 3 is 2.52 bits per heavy atom. The second-order valence-electron chi connectivity index (χ2n) is 6.58. The molecule has 1 saturated heterocycles. The van der Waals surface area contributed by atoms with Crippen molar-refractivity contribution in [2.24, 2.45) is 0 Å². The minimum absolute atomic E-state index is 0.0114. The number of benzene rings is 1. The zero-order valence-corrected chi connectivity index (χ0v) is 14.8. The molecule has 0 radical (unpaired) electrons. The number of ether oxygens (including phenoxy) is 1. The van der Waals surface area contributed by atoms with Crippen molar-refractivity contribution < 1.29 is 14.6 Å². The molecule has 1 fully saturated rings. The largest absolute Gasteiger partial charge is 0.478 e. The summed E-state index contributed by atoms with van der Waals surface area (Å²) in [7, 11) is 1.73. The molecule has 5 nitrogen and oxygen atoms in total. The first-order valence-corrected chi connectivity index (χ1v) is 8.20. The van der Waals surface area contributed by atoms with E-state index in [1.54, 1.807) is 25.3 Å². The molecule has 1 heterocycles. The average Bonchev–Trinajstić information content (AvgIpc) is 2.49. The summed E-state index contributed by atoms with van der Waals surface area (Å²) in [6.45, 7) is 9.27. The topological polar surface area (TPSA) is 53.0 Å². The summed E-state index contributed by atoms with van der Waals surface area (Å²) in [5.41, 5.74) is 1.00. The number of carbonyl (C=O) groups is 1. The number of nitrogens with zero attached hydrogens (tertiary/aromatic N) is 2. The Hall–Kier alpha value is -1.14. The molecule has 1 aliphatic rings. The second-order valence-corrected chi connectivity index (χ2v) is 6.99. The third-order valence-electron chi connectivity index (χ3n) is 4.46. The van der Waals surface area contributed by atoms with Gasteiger partial charge in [-0.1, -0.05) is 17.7 Å². The lowest BCUT2D eigenvalue weighted by Gasteiger charge is -2.43. The van der Waals surface area contributed by atoms with Gasteiger partial charge in [-0.3, -0.25) is 9.80 Å². The lowest BCUT2D eigenvalue weighted by Crippen LogP contribution is -2.56. The highest BCUT2D eigenvalue weighted by molar-refractivity contribution is 6.31. The molecule has 1 aliphatic heterocycles. The first kappa shape index (κ1) is 18.2. The van der Waals surface area contributed by atoms with Gasteiger partial charge in [0.25, 0.3) is 0 Å². The van der Waals surface area contributed by atoms with Gasteiger partial charge in [-0.15, -0.1) is 0 Å². The molecule has 0 bridgehead atoms. The molecule has 0 saturated carbocycles. The molecular weight excluding hydrogens is 316 g/mol. The highest BCUT2D eigenvalue weighted by Crippen LogP contribution is 2.24. The van der Waals surface area contributed by atoms with Crippen molar-refractivity contribution in [2.75, 3.05) is 39.9 Å². The lowest BCUT2D eigenvalue weighted by atomic mass is 10.0. The third kappa shape index (κ3) is 4.44. The van der Waals surface area contributed by atoms with Crippen LogP contribution in [0.1, 0.15) is 29.8 Å². The van der Waals surface area contributed by atoms with Crippen molar-refractivity contribution in [3.63, 3.8) is 0 Å². The first-order chi connectivity index (χ1) is 10.8. The number of carboxylic acid groups (broad SMARTS) is 1. The van der Waals surface area contributed by atoms with Crippen LogP contribution in [0.15, 0.2) is 18.2 Å². The molecule has 0 unspecified atom stereocenters. The predicted octanol–water partition coefficient (Wildman–Crippen LogP) is 2.58. The van der Waals surface area contributed by atoms with Gasteiger partial charge in [0.15, 0.2) is 0 Å². The van der Waals surface area contributed by atoms with E-state index in [9.17, 15) is 9.90 Å². The molecule has 1 aromatic rings. The molecule has 0 atom stereocenters. The van der Waals surface area contributed by atoms with Crippen LogP contribution >= 0.6 is 11.6 Å². The number of piperazine rings is 1. The van der Waals surface area contributed by atoms with Crippen molar-refractivity contribution in [2.45, 2.75) is 25.9 Å². The summed E-state index contributed by atoms with van der Waals surface area (Å²) < 4.78 is 5.30. The van der Waals surface area contributed by atoms with E-state index in [4.69, 9.17) is 16.3 Å². The van der Waals surface area contributed by atoms with E-state index in [0.29, 0.717) is 29.3 Å². The number of hydrogen-bond donors (Lipinski definition) is 1. The molecule has 23 heavy (non-hydrogen) atoms. The van der Waals surface area contributed by atoms with Crippen LogP contribution in [-0.2, 0) is 11.3 Å². The first-order valence-electron chi connectivity index (χ1n) is 7.82. The minimum Gasteiger partial charge on any atom is -0.478 e. The van der Waals surface area contributed by atoms with Crippen LogP contribution in [0, 0.1) is 0 Å². The summed E-state index contributed by atoms with van der Waals surface area (Å²) in [6, 6.07) is 5.04. The number of rotatable bonds is 6. The molecule has 6 heteroatoms. The van der Waals surface area contributed by atoms with Gasteiger partial charge < -0.3 is 9.84 Å². The molecule has 0 amide bonds. The van der Waals surface area contributed by atoms with Crippen molar-refractivity contribution in [1.29, 1.82) is 0 Å². The minimum atomic E-state index is -0.928. The fourth-order valence-corrected chi connectivity index (χ4v) is 3.33. The maximum atomic E-state index is 11.4. The standard InChI is InChI=1S/C17H25ClN2O3/c1-17(2,12-23-3)20-9-7-19(8-10-20)11-14-13(16(21)22)5-4-6-15(14)18/h4-6H,7-12H2,1-3H3,(H,21,22). The Morgan fingerprint density at radius 2 is 1.96 bits per heavy atom. The van der Waals surface area contributed by atoms with E-state index in [-0.39, 0.29) is 5.54 Å². The highest BCUT2D eigenvalue weighted by atomic mass is 35.5. The maximum absolute atomic E-state index is 11.4. The summed E-state index contributed by atoms with van der Waals surface area (Å²) in [5, 5.41) is 9.85. The van der Waals surface area contributed by atoms with Gasteiger partial charge in [0.1, 0.15) is 0 Å². The van der Waals surface area contributed by atoms with Crippen LogP contribution in [0.25, 0.3) is 0 Å². The van der Waals surface area contributed by atoms with E-state index >= 15 is 0 Å². The van der Waals surface area contributed by atoms with Gasteiger partial charge in [0, 0.05) is 50.4 Å². The summed E-state index contributed by atoms with van der Waals surface area (Å²) in [4.78, 5) is 16.0. The van der Waals surface area contributed by atoms with Crippen LogP contribution in [0.4, 0.5) is 0 Å². The fraction of sp³-hybridized carbons (Fsp3) is 0.588. The Kier molecular flexibility index (Phi) is 6.03. The molecule has 1 N–H and O–H groups in total. The van der Waals surface area contributed by atoms with Crippen LogP contribution in [-0.4, -0.2) is 66.3 Å². The smallest absolute Gasteiger partial charge is 0.336 e. The third-order valence-corrected chi connectivity index (χ3v) is 4.81. The lowest BCUT2D eigenvalue weighted by molar-refractivity contribution is 0.000699. The molecule has 2 rings (SSSR count). The Morgan fingerprint density at radius 1 is 1.30 bits per heavy atom. The van der Waals surface area contributed by atoms with Crippen molar-refractivity contribution in [3.8, 4) is 0 Å². The van der Waals surface area contributed by atoms with Gasteiger partial charge >= 0.3 is 5.97 Å². The van der Waals surface area contributed by atoms with Crippen molar-refractivity contribution in [3.05, 3.63) is 34.3 Å². The van der Waals surface area contributed by atoms with Gasteiger partial charge in [0.05, 0.1) is 12.2 Å². The molecule has 128 valence electrons. The Bertz CT molecular complexity index is 555. The highest BCUT2D eigenvalue weighted by Gasteiger charge is 2.30. The maximum Gasteiger partial charge on any atom is 0.336 e. The van der Waals surface area contributed by atoms with E-state index in [2.05, 4.69) is 23.6 Å². The van der Waals surface area contributed by atoms with Crippen LogP contribution in [0.5, 0.6) is 0 Å². The average molecular weight is 341 g/mol. The number of aromatic carboxylic acids is 1. The molecule has 1 aromatic carbocycles. The zero-order chi connectivity index (χ0) is 17.0. The second kappa shape index (κ2) is 7.62. The number of halogens is 1. The monoisotopic (exact) mass is 340 g/mol. The molecule has 0 aliphatic carbocycles. The predicted molar refractivity (Wildman–Crippen MR) is 91.2 cm³/mol. The summed E-state index contributed by atoms with van der Waals surface area (Å²) in [5.74, 6) is -0.928.